The average molecular weight is 263 g/mol. The van der Waals surface area contributed by atoms with Crippen molar-refractivity contribution >= 4 is 23.5 Å². The van der Waals surface area contributed by atoms with Crippen LogP contribution in [-0.4, -0.2) is 24.6 Å². The molecular formula is C12H19ClO4. The zero-order valence-electron chi connectivity index (χ0n) is 10.7. The van der Waals surface area contributed by atoms with Gasteiger partial charge in [0.05, 0.1) is 19.4 Å². The molecule has 0 spiro atoms. The molecular weight excluding hydrogens is 244 g/mol. The summed E-state index contributed by atoms with van der Waals surface area (Å²) in [6.45, 7) is 8.79. The fourth-order valence-electron chi connectivity index (χ4n) is 1.26. The molecule has 0 rings (SSSR count). The zero-order chi connectivity index (χ0) is 13.6. The average Bonchev–Trinajstić information content (AvgIpc) is 2.11. The van der Waals surface area contributed by atoms with Crippen molar-refractivity contribution in [1.29, 1.82) is 0 Å². The van der Waals surface area contributed by atoms with Crippen LogP contribution in [0.15, 0.2) is 11.6 Å². The van der Waals surface area contributed by atoms with Gasteiger partial charge in [-0.15, -0.1) is 0 Å². The van der Waals surface area contributed by atoms with Crippen molar-refractivity contribution in [1.82, 2.24) is 0 Å². The summed E-state index contributed by atoms with van der Waals surface area (Å²) in [5.41, 5.74) is -0.574. The first-order chi connectivity index (χ1) is 7.65. The van der Waals surface area contributed by atoms with Crippen LogP contribution in [-0.2, 0) is 19.1 Å². The monoisotopic (exact) mass is 262 g/mol. The van der Waals surface area contributed by atoms with Gasteiger partial charge in [-0.3, -0.25) is 9.59 Å². The van der Waals surface area contributed by atoms with Gasteiger partial charge in [0.1, 0.15) is 5.60 Å². The van der Waals surface area contributed by atoms with Crippen LogP contribution in [0.2, 0.25) is 0 Å². The SMILES string of the molecule is C=C(Cl)C[C@H](CC(=O)OC(C)(C)C)C(=O)OC. The molecule has 1 atom stereocenters. The molecule has 17 heavy (non-hydrogen) atoms. The Morgan fingerprint density at radius 3 is 2.18 bits per heavy atom. The highest BCUT2D eigenvalue weighted by atomic mass is 35.5. The number of carbonyl (C=O) groups excluding carboxylic acids is 2. The summed E-state index contributed by atoms with van der Waals surface area (Å²) >= 11 is 5.64. The van der Waals surface area contributed by atoms with Gasteiger partial charge in [0.2, 0.25) is 0 Å². The molecule has 0 radical (unpaired) electrons. The number of hydrogen-bond acceptors (Lipinski definition) is 4. The summed E-state index contributed by atoms with van der Waals surface area (Å²) < 4.78 is 9.72. The fourth-order valence-corrected chi connectivity index (χ4v) is 1.44. The Hall–Kier alpha value is -1.03. The Bertz CT molecular complexity index is 304. The molecule has 0 heterocycles. The lowest BCUT2D eigenvalue weighted by Gasteiger charge is -2.21. The van der Waals surface area contributed by atoms with Crippen molar-refractivity contribution in [2.45, 2.75) is 39.2 Å². The maximum absolute atomic E-state index is 11.6. The summed E-state index contributed by atoms with van der Waals surface area (Å²) in [6, 6.07) is 0. The predicted octanol–water partition coefficient (Wildman–Crippen LogP) is 2.65. The molecule has 0 aromatic carbocycles. The molecule has 0 aliphatic heterocycles. The summed E-state index contributed by atoms with van der Waals surface area (Å²) in [4.78, 5) is 23.0. The molecule has 0 aliphatic rings. The molecule has 0 saturated heterocycles. The van der Waals surface area contributed by atoms with E-state index in [4.69, 9.17) is 16.3 Å². The largest absolute Gasteiger partial charge is 0.469 e. The highest BCUT2D eigenvalue weighted by Crippen LogP contribution is 2.20. The molecule has 4 nitrogen and oxygen atoms in total. The number of methoxy groups -OCH3 is 1. The van der Waals surface area contributed by atoms with E-state index in [-0.39, 0.29) is 12.8 Å². The van der Waals surface area contributed by atoms with Crippen molar-refractivity contribution in [3.63, 3.8) is 0 Å². The van der Waals surface area contributed by atoms with Gasteiger partial charge in [0.25, 0.3) is 0 Å². The van der Waals surface area contributed by atoms with Crippen LogP contribution >= 0.6 is 11.6 Å². The van der Waals surface area contributed by atoms with Gasteiger partial charge >= 0.3 is 11.9 Å². The molecule has 0 fully saturated rings. The summed E-state index contributed by atoms with van der Waals surface area (Å²) in [6.07, 6.45) is 0.142. The van der Waals surface area contributed by atoms with Crippen molar-refractivity contribution in [2.24, 2.45) is 5.92 Å². The molecule has 0 bridgehead atoms. The van der Waals surface area contributed by atoms with E-state index in [1.54, 1.807) is 20.8 Å². The van der Waals surface area contributed by atoms with Crippen LogP contribution in [0, 0.1) is 5.92 Å². The van der Waals surface area contributed by atoms with Crippen molar-refractivity contribution in [2.75, 3.05) is 7.11 Å². The molecule has 0 aromatic heterocycles. The lowest BCUT2D eigenvalue weighted by atomic mass is 10.0. The van der Waals surface area contributed by atoms with Crippen LogP contribution in [0.4, 0.5) is 0 Å². The predicted molar refractivity (Wildman–Crippen MR) is 65.6 cm³/mol. The molecule has 0 saturated carbocycles. The van der Waals surface area contributed by atoms with Gasteiger partial charge in [-0.1, -0.05) is 18.2 Å². The van der Waals surface area contributed by atoms with Crippen LogP contribution in [0.25, 0.3) is 0 Å². The van der Waals surface area contributed by atoms with Gasteiger partial charge in [-0.2, -0.15) is 0 Å². The topological polar surface area (TPSA) is 52.6 Å². The lowest BCUT2D eigenvalue weighted by Crippen LogP contribution is -2.27. The zero-order valence-corrected chi connectivity index (χ0v) is 11.5. The molecule has 0 unspecified atom stereocenters. The fraction of sp³-hybridized carbons (Fsp3) is 0.667. The Morgan fingerprint density at radius 2 is 1.82 bits per heavy atom. The third-order valence-corrected chi connectivity index (χ3v) is 1.99. The second kappa shape index (κ2) is 6.64. The van der Waals surface area contributed by atoms with E-state index in [2.05, 4.69) is 11.3 Å². The second-order valence-electron chi connectivity index (χ2n) is 4.73. The minimum atomic E-state index is -0.639. The molecule has 98 valence electrons. The molecule has 5 heteroatoms. The third kappa shape index (κ3) is 7.80. The van der Waals surface area contributed by atoms with Gasteiger partial charge in [0.15, 0.2) is 0 Å². The Kier molecular flexibility index (Phi) is 6.24. The van der Waals surface area contributed by atoms with Crippen molar-refractivity contribution in [3.05, 3.63) is 11.6 Å². The smallest absolute Gasteiger partial charge is 0.309 e. The first-order valence-corrected chi connectivity index (χ1v) is 5.66. The van der Waals surface area contributed by atoms with Gasteiger partial charge in [0, 0.05) is 5.03 Å². The van der Waals surface area contributed by atoms with E-state index in [1.807, 2.05) is 0 Å². The molecule has 0 amide bonds. The van der Waals surface area contributed by atoms with Crippen LogP contribution in [0.1, 0.15) is 33.6 Å². The number of rotatable bonds is 5. The standard InChI is InChI=1S/C12H19ClO4/c1-8(13)6-9(11(15)16-5)7-10(14)17-12(2,3)4/h9H,1,6-7H2,2-5H3/t9-/m1/s1. The first kappa shape index (κ1) is 16.0. The highest BCUT2D eigenvalue weighted by molar-refractivity contribution is 6.29. The van der Waals surface area contributed by atoms with Gasteiger partial charge < -0.3 is 9.47 Å². The van der Waals surface area contributed by atoms with Crippen molar-refractivity contribution in [3.8, 4) is 0 Å². The van der Waals surface area contributed by atoms with Crippen LogP contribution < -0.4 is 0 Å². The quantitative estimate of drug-likeness (QED) is 0.715. The minimum Gasteiger partial charge on any atom is -0.469 e. The van der Waals surface area contributed by atoms with Crippen LogP contribution in [0.5, 0.6) is 0 Å². The summed E-state index contributed by atoms with van der Waals surface area (Å²) in [5.74, 6) is -1.58. The number of ether oxygens (including phenoxy) is 2. The van der Waals surface area contributed by atoms with E-state index in [0.717, 1.165) is 0 Å². The Labute approximate surface area is 107 Å². The molecule has 0 N–H and O–H groups in total. The number of esters is 2. The van der Waals surface area contributed by atoms with E-state index in [1.165, 1.54) is 7.11 Å². The lowest BCUT2D eigenvalue weighted by molar-refractivity contribution is -0.160. The summed E-state index contributed by atoms with van der Waals surface area (Å²) in [5, 5.41) is 0.309. The van der Waals surface area contributed by atoms with Gasteiger partial charge in [-0.25, -0.2) is 0 Å². The molecule has 0 aromatic rings. The maximum Gasteiger partial charge on any atom is 0.309 e. The van der Waals surface area contributed by atoms with Gasteiger partial charge in [-0.05, 0) is 27.2 Å². The summed E-state index contributed by atoms with van der Waals surface area (Å²) in [7, 11) is 1.27. The van der Waals surface area contributed by atoms with E-state index >= 15 is 0 Å². The number of hydrogen-bond donors (Lipinski definition) is 0. The third-order valence-electron chi connectivity index (χ3n) is 1.84. The molecule has 0 aliphatic carbocycles. The number of halogens is 1. The minimum absolute atomic E-state index is 0.0598. The van der Waals surface area contributed by atoms with Crippen LogP contribution in [0.3, 0.4) is 0 Å². The van der Waals surface area contributed by atoms with E-state index < -0.39 is 23.5 Å². The van der Waals surface area contributed by atoms with Crippen molar-refractivity contribution < 1.29 is 19.1 Å². The second-order valence-corrected chi connectivity index (χ2v) is 5.27. The highest BCUT2D eigenvalue weighted by Gasteiger charge is 2.26. The normalized spacial score (nSPS) is 12.8. The van der Waals surface area contributed by atoms with E-state index in [9.17, 15) is 9.59 Å². The number of carbonyl (C=O) groups is 2. The maximum atomic E-state index is 11.6. The Morgan fingerprint density at radius 1 is 1.29 bits per heavy atom. The number of allylic oxidation sites excluding steroid dienone is 1. The van der Waals surface area contributed by atoms with E-state index in [0.29, 0.717) is 5.03 Å². The Balaban J connectivity index is 4.48. The first-order valence-electron chi connectivity index (χ1n) is 5.28.